The number of rotatable bonds is 3. The Morgan fingerprint density at radius 1 is 1.29 bits per heavy atom. The lowest BCUT2D eigenvalue weighted by Crippen LogP contribution is -2.01. The van der Waals surface area contributed by atoms with Crippen LogP contribution >= 0.6 is 0 Å². The van der Waals surface area contributed by atoms with Crippen molar-refractivity contribution in [3.8, 4) is 11.5 Å². The third-order valence-corrected chi connectivity index (χ3v) is 1.86. The van der Waals surface area contributed by atoms with E-state index in [1.54, 1.807) is 6.92 Å². The number of ether oxygens (including phenoxy) is 2. The van der Waals surface area contributed by atoms with Crippen LogP contribution < -0.4 is 9.47 Å². The van der Waals surface area contributed by atoms with E-state index < -0.39 is 6.43 Å². The highest BCUT2D eigenvalue weighted by atomic mass is 19.3. The molecule has 0 fully saturated rings. The molecule has 0 aliphatic rings. The van der Waals surface area contributed by atoms with E-state index >= 15 is 0 Å². The van der Waals surface area contributed by atoms with Gasteiger partial charge in [-0.1, -0.05) is 0 Å². The summed E-state index contributed by atoms with van der Waals surface area (Å²) in [5.41, 5.74) is 0.172. The van der Waals surface area contributed by atoms with Crippen molar-refractivity contribution in [2.24, 2.45) is 0 Å². The summed E-state index contributed by atoms with van der Waals surface area (Å²) in [5, 5.41) is 0. The van der Waals surface area contributed by atoms with Gasteiger partial charge in [0.2, 0.25) is 0 Å². The van der Waals surface area contributed by atoms with E-state index in [1.165, 1.54) is 20.4 Å². The molecule has 0 aliphatic heterocycles. The van der Waals surface area contributed by atoms with Gasteiger partial charge in [0.15, 0.2) is 5.75 Å². The number of methoxy groups -OCH3 is 2. The van der Waals surface area contributed by atoms with Gasteiger partial charge in [0.25, 0.3) is 6.43 Å². The lowest BCUT2D eigenvalue weighted by molar-refractivity contribution is 0.142. The summed E-state index contributed by atoms with van der Waals surface area (Å²) in [6.45, 7) is 1.60. The van der Waals surface area contributed by atoms with Crippen LogP contribution in [-0.2, 0) is 0 Å². The van der Waals surface area contributed by atoms with Crippen molar-refractivity contribution < 1.29 is 18.3 Å². The minimum Gasteiger partial charge on any atom is -0.494 e. The fraction of sp³-hybridized carbons (Fsp3) is 0.444. The molecule has 5 heteroatoms. The molecule has 3 nitrogen and oxygen atoms in total. The highest BCUT2D eigenvalue weighted by Crippen LogP contribution is 2.37. The zero-order valence-corrected chi connectivity index (χ0v) is 8.17. The average Bonchev–Trinajstić information content (AvgIpc) is 2.17. The maximum Gasteiger partial charge on any atom is 0.271 e. The Morgan fingerprint density at radius 2 is 1.93 bits per heavy atom. The normalized spacial score (nSPS) is 10.4. The Balaban J connectivity index is 3.36. The molecule has 0 saturated carbocycles. The van der Waals surface area contributed by atoms with Crippen LogP contribution in [0.25, 0.3) is 0 Å². The van der Waals surface area contributed by atoms with E-state index in [2.05, 4.69) is 4.98 Å². The maximum absolute atomic E-state index is 12.7. The van der Waals surface area contributed by atoms with Crippen LogP contribution in [0.4, 0.5) is 8.78 Å². The third kappa shape index (κ3) is 1.76. The van der Waals surface area contributed by atoms with Gasteiger partial charge in [0.1, 0.15) is 11.3 Å². The highest BCUT2D eigenvalue weighted by molar-refractivity contribution is 5.46. The van der Waals surface area contributed by atoms with Gasteiger partial charge in [-0.2, -0.15) is 0 Å². The van der Waals surface area contributed by atoms with Crippen molar-refractivity contribution in [1.82, 2.24) is 4.98 Å². The van der Waals surface area contributed by atoms with E-state index in [1.807, 2.05) is 0 Å². The molecule has 1 heterocycles. The average molecular weight is 203 g/mol. The molecule has 14 heavy (non-hydrogen) atoms. The summed E-state index contributed by atoms with van der Waals surface area (Å²) >= 11 is 0. The molecule has 0 aromatic carbocycles. The van der Waals surface area contributed by atoms with E-state index in [9.17, 15) is 8.78 Å². The molecular weight excluding hydrogens is 192 g/mol. The zero-order valence-electron chi connectivity index (χ0n) is 8.17. The molecule has 1 aromatic heterocycles. The minimum atomic E-state index is -2.64. The summed E-state index contributed by atoms with van der Waals surface area (Å²) in [4.78, 5) is 3.88. The second-order valence-corrected chi connectivity index (χ2v) is 2.66. The van der Waals surface area contributed by atoms with Crippen LogP contribution in [0.15, 0.2) is 6.20 Å². The van der Waals surface area contributed by atoms with Crippen molar-refractivity contribution in [1.29, 1.82) is 0 Å². The highest BCUT2D eigenvalue weighted by Gasteiger charge is 2.22. The lowest BCUT2D eigenvalue weighted by Gasteiger charge is -2.13. The molecule has 0 atom stereocenters. The lowest BCUT2D eigenvalue weighted by atomic mass is 10.2. The molecule has 78 valence electrons. The monoisotopic (exact) mass is 203 g/mol. The molecule has 0 aliphatic carbocycles. The SMILES string of the molecule is COc1cnc(C)c(OC)c1C(F)F. The Labute approximate surface area is 80.7 Å². The van der Waals surface area contributed by atoms with Gasteiger partial charge in [-0.15, -0.1) is 0 Å². The second kappa shape index (κ2) is 4.21. The summed E-state index contributed by atoms with van der Waals surface area (Å²) in [5.74, 6) is 0.127. The number of hydrogen-bond donors (Lipinski definition) is 0. The van der Waals surface area contributed by atoms with Crippen molar-refractivity contribution in [3.63, 3.8) is 0 Å². The van der Waals surface area contributed by atoms with Crippen LogP contribution in [0, 0.1) is 6.92 Å². The summed E-state index contributed by atoms with van der Waals surface area (Å²) < 4.78 is 34.9. The summed E-state index contributed by atoms with van der Waals surface area (Å²) in [6.07, 6.45) is -1.37. The van der Waals surface area contributed by atoms with Crippen LogP contribution in [0.1, 0.15) is 17.7 Å². The Hall–Kier alpha value is -1.39. The summed E-state index contributed by atoms with van der Waals surface area (Å²) in [6, 6.07) is 0. The van der Waals surface area contributed by atoms with Gasteiger partial charge in [-0.25, -0.2) is 8.78 Å². The van der Waals surface area contributed by atoms with Crippen molar-refractivity contribution in [2.45, 2.75) is 13.3 Å². The van der Waals surface area contributed by atoms with Gasteiger partial charge >= 0.3 is 0 Å². The smallest absolute Gasteiger partial charge is 0.271 e. The predicted octanol–water partition coefficient (Wildman–Crippen LogP) is 2.34. The van der Waals surface area contributed by atoms with Crippen molar-refractivity contribution in [3.05, 3.63) is 17.5 Å². The number of aromatic nitrogens is 1. The van der Waals surface area contributed by atoms with Crippen molar-refractivity contribution >= 4 is 0 Å². The molecule has 0 saturated heterocycles. The first-order valence-corrected chi connectivity index (χ1v) is 3.97. The first-order valence-electron chi connectivity index (χ1n) is 3.97. The van der Waals surface area contributed by atoms with Gasteiger partial charge in [-0.3, -0.25) is 4.98 Å². The molecule has 0 bridgehead atoms. The van der Waals surface area contributed by atoms with Gasteiger partial charge in [-0.05, 0) is 6.92 Å². The fourth-order valence-electron chi connectivity index (χ4n) is 1.22. The molecule has 0 radical (unpaired) electrons. The van der Waals surface area contributed by atoms with E-state index in [4.69, 9.17) is 9.47 Å². The number of nitrogens with zero attached hydrogens (tertiary/aromatic N) is 1. The largest absolute Gasteiger partial charge is 0.494 e. The molecule has 0 amide bonds. The van der Waals surface area contributed by atoms with Gasteiger partial charge < -0.3 is 9.47 Å². The molecule has 0 N–H and O–H groups in total. The van der Waals surface area contributed by atoms with Gasteiger partial charge in [0, 0.05) is 0 Å². The van der Waals surface area contributed by atoms with Crippen LogP contribution in [0.5, 0.6) is 11.5 Å². The first-order chi connectivity index (χ1) is 6.61. The summed E-state index contributed by atoms with van der Waals surface area (Å²) in [7, 11) is 2.65. The Kier molecular flexibility index (Phi) is 3.22. The van der Waals surface area contributed by atoms with Crippen LogP contribution in [0.2, 0.25) is 0 Å². The molecule has 0 unspecified atom stereocenters. The standard InChI is InChI=1S/C9H11F2NO2/c1-5-8(14-3)7(9(10)11)6(13-2)4-12-5/h4,9H,1-3H3. The van der Waals surface area contributed by atoms with Crippen LogP contribution in [0.3, 0.4) is 0 Å². The molecule has 0 spiro atoms. The van der Waals surface area contributed by atoms with E-state index in [0.29, 0.717) is 5.69 Å². The van der Waals surface area contributed by atoms with E-state index in [-0.39, 0.29) is 17.1 Å². The van der Waals surface area contributed by atoms with Crippen LogP contribution in [-0.4, -0.2) is 19.2 Å². The Morgan fingerprint density at radius 3 is 2.36 bits per heavy atom. The topological polar surface area (TPSA) is 31.4 Å². The number of hydrogen-bond acceptors (Lipinski definition) is 3. The maximum atomic E-state index is 12.7. The second-order valence-electron chi connectivity index (χ2n) is 2.66. The molecule has 1 aromatic rings. The zero-order chi connectivity index (χ0) is 10.7. The number of pyridine rings is 1. The number of aryl methyl sites for hydroxylation is 1. The van der Waals surface area contributed by atoms with Crippen molar-refractivity contribution in [2.75, 3.05) is 14.2 Å². The quantitative estimate of drug-likeness (QED) is 0.755. The number of alkyl halides is 2. The van der Waals surface area contributed by atoms with Gasteiger partial charge in [0.05, 0.1) is 26.1 Å². The fourth-order valence-corrected chi connectivity index (χ4v) is 1.22. The molecular formula is C9H11F2NO2. The molecule has 1 rings (SSSR count). The number of halogens is 2. The predicted molar refractivity (Wildman–Crippen MR) is 47.0 cm³/mol. The third-order valence-electron chi connectivity index (χ3n) is 1.86. The first kappa shape index (κ1) is 10.7. The minimum absolute atomic E-state index is 0.0439. The van der Waals surface area contributed by atoms with E-state index in [0.717, 1.165) is 0 Å². The Bertz CT molecular complexity index is 329.